The first-order valence-electron chi connectivity index (χ1n) is 11.6. The van der Waals surface area contributed by atoms with Crippen LogP contribution in [0.5, 0.6) is 0 Å². The number of nitrogens with zero attached hydrogens (tertiary/aromatic N) is 1. The van der Waals surface area contributed by atoms with Gasteiger partial charge in [0.2, 0.25) is 0 Å². The molecule has 1 heterocycles. The van der Waals surface area contributed by atoms with Gasteiger partial charge in [0.15, 0.2) is 0 Å². The summed E-state index contributed by atoms with van der Waals surface area (Å²) in [6.45, 7) is 2.11. The summed E-state index contributed by atoms with van der Waals surface area (Å²) < 4.78 is 0. The first-order valence-corrected chi connectivity index (χ1v) is 12.0. The summed E-state index contributed by atoms with van der Waals surface area (Å²) >= 11 is 6.40. The molecule has 0 aliphatic rings. The van der Waals surface area contributed by atoms with E-state index in [9.17, 15) is 14.7 Å². The average Bonchev–Trinajstić information content (AvgIpc) is 2.89. The molecule has 0 saturated heterocycles. The number of hydrogen-bond donors (Lipinski definition) is 2. The lowest BCUT2D eigenvalue weighted by Gasteiger charge is -2.20. The van der Waals surface area contributed by atoms with Crippen LogP contribution >= 0.6 is 11.6 Å². The number of hydrogen-bond acceptors (Lipinski definition) is 3. The monoisotopic (exact) mass is 496 g/mol. The van der Waals surface area contributed by atoms with Crippen molar-refractivity contribution >= 4 is 34.4 Å². The third kappa shape index (κ3) is 5.40. The van der Waals surface area contributed by atoms with Gasteiger partial charge in [0.05, 0.1) is 16.8 Å². The number of rotatable bonds is 8. The molecule has 0 aliphatic carbocycles. The SMILES string of the molecule is C#Cc1ccc2nc(-c3ccccc3)c(C)c(C(=O)NCC(CCC(=O)O)c3ccccc3Cl)c2c1. The van der Waals surface area contributed by atoms with Gasteiger partial charge in [0.25, 0.3) is 5.91 Å². The second-order valence-electron chi connectivity index (χ2n) is 8.56. The molecule has 4 aromatic rings. The molecule has 0 saturated carbocycles. The number of nitrogens with one attached hydrogen (secondary N) is 1. The molecule has 36 heavy (non-hydrogen) atoms. The van der Waals surface area contributed by atoms with Crippen LogP contribution in [-0.2, 0) is 4.79 Å². The standard InChI is InChI=1S/C30H25ClN2O3/c1-3-20-13-15-26-24(17-20)28(19(2)29(33-26)21-9-5-4-6-10-21)30(36)32-18-22(14-16-27(34)35)23-11-7-8-12-25(23)31/h1,4-13,15,17,22H,14,16,18H2,2H3,(H,32,36)(H,34,35). The molecule has 1 unspecified atom stereocenters. The summed E-state index contributed by atoms with van der Waals surface area (Å²) in [5, 5.41) is 13.5. The van der Waals surface area contributed by atoms with E-state index in [1.165, 1.54) is 0 Å². The lowest BCUT2D eigenvalue weighted by molar-refractivity contribution is -0.137. The fourth-order valence-electron chi connectivity index (χ4n) is 4.39. The van der Waals surface area contributed by atoms with Crippen LogP contribution in [-0.4, -0.2) is 28.5 Å². The van der Waals surface area contributed by atoms with E-state index in [2.05, 4.69) is 11.2 Å². The van der Waals surface area contributed by atoms with Crippen LogP contribution in [0.1, 0.15) is 45.8 Å². The Kier molecular flexibility index (Phi) is 7.68. The topological polar surface area (TPSA) is 79.3 Å². The Morgan fingerprint density at radius 3 is 2.50 bits per heavy atom. The fraction of sp³-hybridized carbons (Fsp3) is 0.167. The highest BCUT2D eigenvalue weighted by atomic mass is 35.5. The Balaban J connectivity index is 1.74. The number of carboxylic acid groups (broad SMARTS) is 1. The number of fused-ring (bicyclic) bond motifs is 1. The number of aliphatic carboxylic acids is 1. The Bertz CT molecular complexity index is 1480. The van der Waals surface area contributed by atoms with Gasteiger partial charge in [-0.3, -0.25) is 9.59 Å². The number of aromatic nitrogens is 1. The normalized spacial score (nSPS) is 11.6. The molecule has 4 rings (SSSR count). The second-order valence-corrected chi connectivity index (χ2v) is 8.97. The summed E-state index contributed by atoms with van der Waals surface area (Å²) in [4.78, 5) is 29.8. The molecule has 3 aromatic carbocycles. The molecule has 0 fully saturated rings. The summed E-state index contributed by atoms with van der Waals surface area (Å²) in [7, 11) is 0. The van der Waals surface area contributed by atoms with E-state index in [0.717, 1.165) is 22.4 Å². The highest BCUT2D eigenvalue weighted by molar-refractivity contribution is 6.31. The van der Waals surface area contributed by atoms with Crippen molar-refractivity contribution in [3.63, 3.8) is 0 Å². The maximum absolute atomic E-state index is 13.7. The quantitative estimate of drug-likeness (QED) is 0.284. The van der Waals surface area contributed by atoms with E-state index >= 15 is 0 Å². The Morgan fingerprint density at radius 1 is 1.08 bits per heavy atom. The predicted octanol–water partition coefficient (Wildman–Crippen LogP) is 6.22. The minimum Gasteiger partial charge on any atom is -0.481 e. The third-order valence-electron chi connectivity index (χ3n) is 6.23. The van der Waals surface area contributed by atoms with E-state index < -0.39 is 5.97 Å². The number of terminal acetylenes is 1. The van der Waals surface area contributed by atoms with E-state index in [4.69, 9.17) is 23.0 Å². The number of pyridine rings is 1. The molecule has 1 aromatic heterocycles. The Morgan fingerprint density at radius 2 is 1.81 bits per heavy atom. The molecule has 180 valence electrons. The molecule has 5 nitrogen and oxygen atoms in total. The molecule has 0 aliphatic heterocycles. The fourth-order valence-corrected chi connectivity index (χ4v) is 4.68. The number of carboxylic acids is 1. The lowest BCUT2D eigenvalue weighted by atomic mass is 9.93. The van der Waals surface area contributed by atoms with Crippen LogP contribution in [0.15, 0.2) is 72.8 Å². The molecular formula is C30H25ClN2O3. The first-order chi connectivity index (χ1) is 17.4. The highest BCUT2D eigenvalue weighted by Gasteiger charge is 2.22. The van der Waals surface area contributed by atoms with Gasteiger partial charge in [-0.15, -0.1) is 6.42 Å². The van der Waals surface area contributed by atoms with E-state index in [1.54, 1.807) is 18.2 Å². The number of amides is 1. The van der Waals surface area contributed by atoms with Crippen LogP contribution < -0.4 is 5.32 Å². The van der Waals surface area contributed by atoms with Gasteiger partial charge in [-0.25, -0.2) is 4.98 Å². The van der Waals surface area contributed by atoms with E-state index in [1.807, 2.05) is 61.5 Å². The van der Waals surface area contributed by atoms with Crippen molar-refractivity contribution in [2.45, 2.75) is 25.7 Å². The zero-order valence-electron chi connectivity index (χ0n) is 19.8. The third-order valence-corrected chi connectivity index (χ3v) is 6.57. The Labute approximate surface area is 215 Å². The van der Waals surface area contributed by atoms with Crippen molar-refractivity contribution in [1.82, 2.24) is 10.3 Å². The van der Waals surface area contributed by atoms with Crippen molar-refractivity contribution in [2.24, 2.45) is 0 Å². The zero-order valence-corrected chi connectivity index (χ0v) is 20.5. The maximum Gasteiger partial charge on any atom is 0.303 e. The zero-order chi connectivity index (χ0) is 25.7. The smallest absolute Gasteiger partial charge is 0.303 e. The molecule has 0 radical (unpaired) electrons. The molecule has 1 amide bonds. The van der Waals surface area contributed by atoms with Gasteiger partial charge in [-0.1, -0.05) is 66.1 Å². The summed E-state index contributed by atoms with van der Waals surface area (Å²) in [6.07, 6.45) is 5.93. The van der Waals surface area contributed by atoms with Crippen molar-refractivity contribution < 1.29 is 14.7 Å². The van der Waals surface area contributed by atoms with Crippen molar-refractivity contribution in [2.75, 3.05) is 6.54 Å². The largest absolute Gasteiger partial charge is 0.481 e. The van der Waals surface area contributed by atoms with Gasteiger partial charge >= 0.3 is 5.97 Å². The first kappa shape index (κ1) is 25.0. The van der Waals surface area contributed by atoms with Crippen molar-refractivity contribution in [3.8, 4) is 23.6 Å². The average molecular weight is 497 g/mol. The van der Waals surface area contributed by atoms with Gasteiger partial charge in [0.1, 0.15) is 0 Å². The van der Waals surface area contributed by atoms with Crippen molar-refractivity contribution in [3.05, 3.63) is 100 Å². The van der Waals surface area contributed by atoms with Gasteiger partial charge in [-0.2, -0.15) is 0 Å². The van der Waals surface area contributed by atoms with Crippen molar-refractivity contribution in [1.29, 1.82) is 0 Å². The van der Waals surface area contributed by atoms with Crippen LogP contribution in [0.25, 0.3) is 22.2 Å². The molecule has 0 bridgehead atoms. The van der Waals surface area contributed by atoms with E-state index in [0.29, 0.717) is 33.5 Å². The number of carbonyl (C=O) groups is 2. The highest BCUT2D eigenvalue weighted by Crippen LogP contribution is 2.31. The maximum atomic E-state index is 13.7. The van der Waals surface area contributed by atoms with Crippen LogP contribution in [0.2, 0.25) is 5.02 Å². The van der Waals surface area contributed by atoms with Gasteiger partial charge in [-0.05, 0) is 48.7 Å². The second kappa shape index (κ2) is 11.1. The summed E-state index contributed by atoms with van der Waals surface area (Å²) in [5.74, 6) is 1.19. The Hall–Kier alpha value is -4.14. The molecule has 0 spiro atoms. The van der Waals surface area contributed by atoms with Gasteiger partial charge in [0, 0.05) is 40.4 Å². The molecule has 1 atom stereocenters. The number of halogens is 1. The van der Waals surface area contributed by atoms with Gasteiger partial charge < -0.3 is 10.4 Å². The summed E-state index contributed by atoms with van der Waals surface area (Å²) in [6, 6.07) is 22.4. The minimum absolute atomic E-state index is 0.0351. The molecule has 2 N–H and O–H groups in total. The lowest BCUT2D eigenvalue weighted by Crippen LogP contribution is -2.30. The predicted molar refractivity (Wildman–Crippen MR) is 143 cm³/mol. The molecular weight excluding hydrogens is 472 g/mol. The van der Waals surface area contributed by atoms with E-state index in [-0.39, 0.29) is 24.8 Å². The summed E-state index contributed by atoms with van der Waals surface area (Å²) in [5.41, 5.74) is 4.97. The van der Waals surface area contributed by atoms with Crippen LogP contribution in [0.4, 0.5) is 0 Å². The van der Waals surface area contributed by atoms with Crippen LogP contribution in [0.3, 0.4) is 0 Å². The minimum atomic E-state index is -0.899. The number of carbonyl (C=O) groups excluding carboxylic acids is 1. The number of benzene rings is 3. The molecule has 6 heteroatoms. The van der Waals surface area contributed by atoms with Crippen LogP contribution in [0, 0.1) is 19.3 Å².